The number of nitrogens with one attached hydrogen (secondary N) is 3. The third-order valence-corrected chi connectivity index (χ3v) is 3.78. The molecule has 0 saturated carbocycles. The summed E-state index contributed by atoms with van der Waals surface area (Å²) in [6, 6.07) is 1.77. The van der Waals surface area contributed by atoms with Gasteiger partial charge in [-0.15, -0.1) is 0 Å². The maximum absolute atomic E-state index is 11.9. The predicted octanol–water partition coefficient (Wildman–Crippen LogP) is 1.71. The van der Waals surface area contributed by atoms with Crippen molar-refractivity contribution in [3.63, 3.8) is 0 Å². The van der Waals surface area contributed by atoms with E-state index < -0.39 is 0 Å². The first-order chi connectivity index (χ1) is 13.2. The van der Waals surface area contributed by atoms with E-state index in [1.807, 2.05) is 6.92 Å². The van der Waals surface area contributed by atoms with Crippen molar-refractivity contribution in [2.45, 2.75) is 33.1 Å². The van der Waals surface area contributed by atoms with E-state index in [-0.39, 0.29) is 5.91 Å². The molecule has 8 heteroatoms. The summed E-state index contributed by atoms with van der Waals surface area (Å²) in [6.45, 7) is 8.55. The molecule has 0 saturated heterocycles. The topological polar surface area (TPSA) is 97.1 Å². The number of hydrogen-bond acceptors (Lipinski definition) is 5. The molecule has 1 aromatic rings. The highest BCUT2D eigenvalue weighted by molar-refractivity contribution is 5.92. The molecule has 1 amide bonds. The van der Waals surface area contributed by atoms with E-state index in [1.165, 1.54) is 6.26 Å². The fraction of sp³-hybridized carbons (Fsp3) is 0.684. The summed E-state index contributed by atoms with van der Waals surface area (Å²) in [5.74, 6) is 0.901. The SMILES string of the molecule is CCCCOCCOCCNC(=NC)NCCCNC(=O)c1occc1C. The zero-order valence-electron chi connectivity index (χ0n) is 16.8. The van der Waals surface area contributed by atoms with Gasteiger partial charge in [0.1, 0.15) is 0 Å². The summed E-state index contributed by atoms with van der Waals surface area (Å²) in [6.07, 6.45) is 4.53. The number of unbranched alkanes of at least 4 members (excludes halogenated alkanes) is 1. The minimum Gasteiger partial charge on any atom is -0.459 e. The number of guanidine groups is 1. The van der Waals surface area contributed by atoms with E-state index in [4.69, 9.17) is 13.9 Å². The molecule has 0 aliphatic carbocycles. The second-order valence-corrected chi connectivity index (χ2v) is 6.05. The molecule has 8 nitrogen and oxygen atoms in total. The van der Waals surface area contributed by atoms with Crippen molar-refractivity contribution in [3.05, 3.63) is 23.7 Å². The molecule has 0 bridgehead atoms. The quantitative estimate of drug-likeness (QED) is 0.257. The fourth-order valence-electron chi connectivity index (χ4n) is 2.21. The van der Waals surface area contributed by atoms with Gasteiger partial charge in [-0.25, -0.2) is 0 Å². The van der Waals surface area contributed by atoms with E-state index >= 15 is 0 Å². The van der Waals surface area contributed by atoms with Gasteiger partial charge in [0.25, 0.3) is 5.91 Å². The van der Waals surface area contributed by atoms with Crippen molar-refractivity contribution in [2.75, 3.05) is 53.1 Å². The number of carbonyl (C=O) groups excluding carboxylic acids is 1. The standard InChI is InChI=1S/C19H34N4O4/c1-4-5-11-25-14-15-26-13-10-23-19(20-3)22-9-6-8-21-18(24)17-16(2)7-12-27-17/h7,12H,4-6,8-11,13-15H2,1-3H3,(H,21,24)(H2,20,22,23). The largest absolute Gasteiger partial charge is 0.459 e. The molecule has 0 aliphatic rings. The molecular formula is C19H34N4O4. The number of aryl methyl sites for hydroxylation is 1. The molecule has 0 fully saturated rings. The van der Waals surface area contributed by atoms with E-state index in [9.17, 15) is 4.79 Å². The van der Waals surface area contributed by atoms with Gasteiger partial charge in [0.05, 0.1) is 26.1 Å². The zero-order chi connectivity index (χ0) is 19.7. The average molecular weight is 383 g/mol. The van der Waals surface area contributed by atoms with E-state index in [1.54, 1.807) is 13.1 Å². The van der Waals surface area contributed by atoms with Crippen LogP contribution in [0.2, 0.25) is 0 Å². The molecule has 1 rings (SSSR count). The van der Waals surface area contributed by atoms with Crippen molar-refractivity contribution in [2.24, 2.45) is 4.99 Å². The highest BCUT2D eigenvalue weighted by atomic mass is 16.5. The Balaban J connectivity index is 1.98. The molecule has 0 spiro atoms. The Hall–Kier alpha value is -2.06. The third kappa shape index (κ3) is 10.6. The van der Waals surface area contributed by atoms with Crippen molar-refractivity contribution in [1.82, 2.24) is 16.0 Å². The number of furan rings is 1. The first-order valence-corrected chi connectivity index (χ1v) is 9.61. The van der Waals surface area contributed by atoms with Crippen LogP contribution in [0.15, 0.2) is 21.7 Å². The average Bonchev–Trinajstić information content (AvgIpc) is 3.10. The van der Waals surface area contributed by atoms with Crippen LogP contribution in [-0.4, -0.2) is 65.0 Å². The minimum absolute atomic E-state index is 0.184. The molecule has 154 valence electrons. The molecule has 3 N–H and O–H groups in total. The first kappa shape index (κ1) is 23.0. The van der Waals surface area contributed by atoms with Crippen LogP contribution in [0.4, 0.5) is 0 Å². The molecule has 0 aromatic carbocycles. The van der Waals surface area contributed by atoms with Gasteiger partial charge in [-0.05, 0) is 25.8 Å². The number of amides is 1. The molecule has 0 radical (unpaired) electrons. The van der Waals surface area contributed by atoms with Crippen molar-refractivity contribution in [1.29, 1.82) is 0 Å². The molecule has 0 aliphatic heterocycles. The lowest BCUT2D eigenvalue weighted by Crippen LogP contribution is -2.40. The Bertz CT molecular complexity index is 546. The Kier molecular flexibility index (Phi) is 12.8. The van der Waals surface area contributed by atoms with Gasteiger partial charge >= 0.3 is 0 Å². The first-order valence-electron chi connectivity index (χ1n) is 9.61. The van der Waals surface area contributed by atoms with E-state index in [2.05, 4.69) is 27.9 Å². The molecule has 1 aromatic heterocycles. The lowest BCUT2D eigenvalue weighted by Gasteiger charge is -2.12. The number of ether oxygens (including phenoxy) is 2. The molecule has 1 heterocycles. The number of aliphatic imine (C=N–C) groups is 1. The zero-order valence-corrected chi connectivity index (χ0v) is 16.8. The summed E-state index contributed by atoms with van der Waals surface area (Å²) in [7, 11) is 1.72. The van der Waals surface area contributed by atoms with Crippen LogP contribution >= 0.6 is 0 Å². The Morgan fingerprint density at radius 3 is 2.41 bits per heavy atom. The highest BCUT2D eigenvalue weighted by Crippen LogP contribution is 2.07. The van der Waals surface area contributed by atoms with Crippen LogP contribution in [-0.2, 0) is 9.47 Å². The predicted molar refractivity (Wildman–Crippen MR) is 106 cm³/mol. The van der Waals surface area contributed by atoms with E-state index in [0.717, 1.165) is 31.4 Å². The fourth-order valence-corrected chi connectivity index (χ4v) is 2.21. The number of carbonyl (C=O) groups is 1. The van der Waals surface area contributed by atoms with Crippen LogP contribution in [0.3, 0.4) is 0 Å². The minimum atomic E-state index is -0.184. The Morgan fingerprint density at radius 2 is 1.74 bits per heavy atom. The second-order valence-electron chi connectivity index (χ2n) is 6.05. The summed E-state index contributed by atoms with van der Waals surface area (Å²) in [4.78, 5) is 16.0. The van der Waals surface area contributed by atoms with Crippen LogP contribution < -0.4 is 16.0 Å². The summed E-state index contributed by atoms with van der Waals surface area (Å²) < 4.78 is 16.1. The maximum Gasteiger partial charge on any atom is 0.287 e. The Labute approximate surface area is 162 Å². The van der Waals surface area contributed by atoms with Gasteiger partial charge in [0.2, 0.25) is 0 Å². The number of rotatable bonds is 14. The normalized spacial score (nSPS) is 11.4. The lowest BCUT2D eigenvalue weighted by atomic mass is 10.2. The molecular weight excluding hydrogens is 348 g/mol. The van der Waals surface area contributed by atoms with Crippen LogP contribution in [0.5, 0.6) is 0 Å². The van der Waals surface area contributed by atoms with E-state index in [0.29, 0.717) is 51.2 Å². The number of hydrogen-bond donors (Lipinski definition) is 3. The van der Waals surface area contributed by atoms with Gasteiger partial charge in [0.15, 0.2) is 11.7 Å². The molecule has 0 unspecified atom stereocenters. The smallest absolute Gasteiger partial charge is 0.287 e. The van der Waals surface area contributed by atoms with Gasteiger partial charge in [-0.1, -0.05) is 13.3 Å². The van der Waals surface area contributed by atoms with Crippen LogP contribution in [0.25, 0.3) is 0 Å². The van der Waals surface area contributed by atoms with Crippen LogP contribution in [0, 0.1) is 6.92 Å². The van der Waals surface area contributed by atoms with Crippen molar-refractivity contribution in [3.8, 4) is 0 Å². The molecule has 27 heavy (non-hydrogen) atoms. The summed E-state index contributed by atoms with van der Waals surface area (Å²) in [5.41, 5.74) is 0.838. The second kappa shape index (κ2) is 15.0. The van der Waals surface area contributed by atoms with Crippen molar-refractivity contribution >= 4 is 11.9 Å². The lowest BCUT2D eigenvalue weighted by molar-refractivity contribution is 0.0487. The maximum atomic E-state index is 11.9. The van der Waals surface area contributed by atoms with Crippen LogP contribution in [0.1, 0.15) is 42.3 Å². The third-order valence-electron chi connectivity index (χ3n) is 3.78. The van der Waals surface area contributed by atoms with Gasteiger partial charge in [-0.2, -0.15) is 0 Å². The van der Waals surface area contributed by atoms with Gasteiger partial charge < -0.3 is 29.8 Å². The van der Waals surface area contributed by atoms with Gasteiger partial charge in [-0.3, -0.25) is 9.79 Å². The number of nitrogens with zero attached hydrogens (tertiary/aromatic N) is 1. The monoisotopic (exact) mass is 382 g/mol. The Morgan fingerprint density at radius 1 is 1.04 bits per heavy atom. The molecule has 0 atom stereocenters. The highest BCUT2D eigenvalue weighted by Gasteiger charge is 2.11. The van der Waals surface area contributed by atoms with Crippen molar-refractivity contribution < 1.29 is 18.7 Å². The van der Waals surface area contributed by atoms with Gasteiger partial charge in [0, 0.05) is 38.9 Å². The summed E-state index contributed by atoms with van der Waals surface area (Å²) in [5, 5.41) is 9.22. The summed E-state index contributed by atoms with van der Waals surface area (Å²) >= 11 is 0.